The van der Waals surface area contributed by atoms with Crippen LogP contribution < -0.4 is 4.74 Å². The molecule has 0 amide bonds. The Balaban J connectivity index is 2.03. The highest BCUT2D eigenvalue weighted by molar-refractivity contribution is 7.99. The van der Waals surface area contributed by atoms with Crippen molar-refractivity contribution in [1.29, 1.82) is 0 Å². The monoisotopic (exact) mass is 290 g/mol. The number of fused-ring (bicyclic) bond motifs is 2. The van der Waals surface area contributed by atoms with Gasteiger partial charge in [0.2, 0.25) is 0 Å². The molecule has 1 aliphatic heterocycles. The van der Waals surface area contributed by atoms with E-state index in [4.69, 9.17) is 4.74 Å². The summed E-state index contributed by atoms with van der Waals surface area (Å²) in [7, 11) is 0. The lowest BCUT2D eigenvalue weighted by atomic mass is 10.2. The van der Waals surface area contributed by atoms with Crippen molar-refractivity contribution in [2.24, 2.45) is 0 Å². The van der Waals surface area contributed by atoms with Gasteiger partial charge < -0.3 is 4.74 Å². The predicted octanol–water partition coefficient (Wildman–Crippen LogP) is 3.76. The van der Waals surface area contributed by atoms with Crippen LogP contribution >= 0.6 is 11.8 Å². The van der Waals surface area contributed by atoms with Gasteiger partial charge in [-0.1, -0.05) is 11.8 Å². The van der Waals surface area contributed by atoms with E-state index < -0.39 is 9.85 Å². The largest absolute Gasteiger partial charge is 0.455 e. The van der Waals surface area contributed by atoms with Crippen LogP contribution in [0.2, 0.25) is 0 Å². The second-order valence-electron chi connectivity index (χ2n) is 3.98. The molecular weight excluding hydrogens is 284 g/mol. The van der Waals surface area contributed by atoms with Gasteiger partial charge in [0.1, 0.15) is 11.5 Å². The highest BCUT2D eigenvalue weighted by Crippen LogP contribution is 2.48. The number of hydrogen-bond donors (Lipinski definition) is 0. The van der Waals surface area contributed by atoms with Gasteiger partial charge in [-0.2, -0.15) is 0 Å². The molecule has 0 bridgehead atoms. The highest BCUT2D eigenvalue weighted by atomic mass is 32.2. The summed E-state index contributed by atoms with van der Waals surface area (Å²) in [6, 6.07) is 8.53. The number of hydrogen-bond acceptors (Lipinski definition) is 6. The number of nitro benzene ring substituents is 2. The van der Waals surface area contributed by atoms with Crippen molar-refractivity contribution >= 4 is 23.1 Å². The minimum Gasteiger partial charge on any atom is -0.455 e. The van der Waals surface area contributed by atoms with Gasteiger partial charge in [0, 0.05) is 24.3 Å². The molecule has 0 saturated heterocycles. The van der Waals surface area contributed by atoms with Crippen LogP contribution in [0.3, 0.4) is 0 Å². The first-order chi connectivity index (χ1) is 9.54. The summed E-state index contributed by atoms with van der Waals surface area (Å²) in [6.45, 7) is 0. The normalized spacial score (nSPS) is 12.0. The van der Waals surface area contributed by atoms with Crippen molar-refractivity contribution in [3.8, 4) is 11.5 Å². The van der Waals surface area contributed by atoms with Gasteiger partial charge >= 0.3 is 0 Å². The maximum atomic E-state index is 10.7. The number of non-ortho nitro benzene ring substituents is 2. The van der Waals surface area contributed by atoms with E-state index in [1.807, 2.05) is 0 Å². The Kier molecular flexibility index (Phi) is 2.79. The maximum Gasteiger partial charge on any atom is 0.270 e. The fraction of sp³-hybridized carbons (Fsp3) is 0. The topological polar surface area (TPSA) is 95.5 Å². The lowest BCUT2D eigenvalue weighted by Crippen LogP contribution is -1.97. The molecule has 0 unspecified atom stereocenters. The van der Waals surface area contributed by atoms with Crippen LogP contribution in [0.25, 0.3) is 0 Å². The van der Waals surface area contributed by atoms with E-state index in [0.29, 0.717) is 21.3 Å². The number of nitrogens with zero attached hydrogens (tertiary/aromatic N) is 2. The van der Waals surface area contributed by atoms with Crippen LogP contribution in [-0.4, -0.2) is 9.85 Å². The number of benzene rings is 2. The first kappa shape index (κ1) is 12.4. The summed E-state index contributed by atoms with van der Waals surface area (Å²) >= 11 is 1.21. The van der Waals surface area contributed by atoms with E-state index in [-0.39, 0.29) is 11.4 Å². The molecule has 0 aromatic heterocycles. The molecule has 0 spiro atoms. The third-order valence-corrected chi connectivity index (χ3v) is 3.79. The Labute approximate surface area is 116 Å². The molecule has 0 N–H and O–H groups in total. The van der Waals surface area contributed by atoms with Crippen molar-refractivity contribution < 1.29 is 14.6 Å². The summed E-state index contributed by atoms with van der Waals surface area (Å²) in [5.41, 5.74) is -0.0949. The lowest BCUT2D eigenvalue weighted by molar-refractivity contribution is -0.385. The Morgan fingerprint density at radius 2 is 1.30 bits per heavy atom. The molecule has 0 atom stereocenters. The Hall–Kier alpha value is -2.61. The van der Waals surface area contributed by atoms with Gasteiger partial charge in [-0.05, 0) is 12.1 Å². The second kappa shape index (κ2) is 4.49. The molecule has 2 aromatic carbocycles. The van der Waals surface area contributed by atoms with E-state index in [1.165, 1.54) is 48.2 Å². The third kappa shape index (κ3) is 2.05. The summed E-state index contributed by atoms with van der Waals surface area (Å²) in [5.74, 6) is 1.00. The van der Waals surface area contributed by atoms with Crippen LogP contribution in [0.5, 0.6) is 11.5 Å². The minimum atomic E-state index is -0.496. The molecule has 0 fully saturated rings. The molecule has 8 heteroatoms. The molecular formula is C12H6N2O5S. The SMILES string of the molecule is O=[N+]([O-])c1ccc2c(c1)Sc1cc([N+](=O)[O-])ccc1O2. The van der Waals surface area contributed by atoms with Crippen LogP contribution in [0, 0.1) is 20.2 Å². The maximum absolute atomic E-state index is 10.7. The molecule has 0 saturated carbocycles. The average molecular weight is 290 g/mol. The lowest BCUT2D eigenvalue weighted by Gasteiger charge is -2.18. The molecule has 3 rings (SSSR count). The predicted molar refractivity (Wildman–Crippen MR) is 70.4 cm³/mol. The van der Waals surface area contributed by atoms with Crippen molar-refractivity contribution in [2.45, 2.75) is 9.79 Å². The fourth-order valence-electron chi connectivity index (χ4n) is 1.79. The quantitative estimate of drug-likeness (QED) is 0.526. The van der Waals surface area contributed by atoms with Gasteiger partial charge in [0.25, 0.3) is 11.4 Å². The molecule has 7 nitrogen and oxygen atoms in total. The number of nitro groups is 2. The van der Waals surface area contributed by atoms with E-state index in [2.05, 4.69) is 0 Å². The minimum absolute atomic E-state index is 0.0475. The van der Waals surface area contributed by atoms with E-state index in [9.17, 15) is 20.2 Å². The Morgan fingerprint density at radius 1 is 0.850 bits per heavy atom. The van der Waals surface area contributed by atoms with E-state index in [0.717, 1.165) is 0 Å². The highest BCUT2D eigenvalue weighted by Gasteiger charge is 2.22. The van der Waals surface area contributed by atoms with Gasteiger partial charge in [-0.25, -0.2) is 0 Å². The molecule has 20 heavy (non-hydrogen) atoms. The Bertz CT molecular complexity index is 685. The summed E-state index contributed by atoms with van der Waals surface area (Å²) in [6.07, 6.45) is 0. The van der Waals surface area contributed by atoms with Gasteiger partial charge in [0.15, 0.2) is 0 Å². The third-order valence-electron chi connectivity index (χ3n) is 2.72. The first-order valence-electron chi connectivity index (χ1n) is 5.47. The van der Waals surface area contributed by atoms with Gasteiger partial charge in [-0.3, -0.25) is 20.2 Å². The zero-order valence-electron chi connectivity index (χ0n) is 9.81. The van der Waals surface area contributed by atoms with Crippen molar-refractivity contribution in [3.05, 3.63) is 56.6 Å². The van der Waals surface area contributed by atoms with Crippen molar-refractivity contribution in [1.82, 2.24) is 0 Å². The molecule has 100 valence electrons. The van der Waals surface area contributed by atoms with Crippen LogP contribution in [-0.2, 0) is 0 Å². The number of rotatable bonds is 2. The molecule has 1 heterocycles. The number of ether oxygens (including phenoxy) is 1. The zero-order valence-corrected chi connectivity index (χ0v) is 10.6. The van der Waals surface area contributed by atoms with Crippen LogP contribution in [0.15, 0.2) is 46.2 Å². The average Bonchev–Trinajstić information content (AvgIpc) is 2.43. The smallest absolute Gasteiger partial charge is 0.270 e. The van der Waals surface area contributed by atoms with Crippen molar-refractivity contribution in [3.63, 3.8) is 0 Å². The molecule has 1 aliphatic rings. The van der Waals surface area contributed by atoms with Gasteiger partial charge in [0.05, 0.1) is 19.6 Å². The van der Waals surface area contributed by atoms with E-state index >= 15 is 0 Å². The molecule has 0 radical (unpaired) electrons. The zero-order chi connectivity index (χ0) is 14.3. The van der Waals surface area contributed by atoms with Crippen LogP contribution in [0.1, 0.15) is 0 Å². The Morgan fingerprint density at radius 3 is 1.70 bits per heavy atom. The standard InChI is InChI=1S/C12H6N2O5S/c15-13(16)7-1-3-9-11(5-7)20-12-6-8(14(17)18)2-4-10(12)19-9/h1-6H. The fourth-order valence-corrected chi connectivity index (χ4v) is 2.80. The molecule has 0 aliphatic carbocycles. The summed E-state index contributed by atoms with van der Waals surface area (Å²) in [4.78, 5) is 21.6. The summed E-state index contributed by atoms with van der Waals surface area (Å²) in [5, 5.41) is 21.5. The first-order valence-corrected chi connectivity index (χ1v) is 6.29. The summed E-state index contributed by atoms with van der Waals surface area (Å²) < 4.78 is 5.58. The van der Waals surface area contributed by atoms with Crippen LogP contribution in [0.4, 0.5) is 11.4 Å². The van der Waals surface area contributed by atoms with Crippen molar-refractivity contribution in [2.75, 3.05) is 0 Å². The van der Waals surface area contributed by atoms with Gasteiger partial charge in [-0.15, -0.1) is 0 Å². The molecule has 2 aromatic rings. The van der Waals surface area contributed by atoms with E-state index in [1.54, 1.807) is 0 Å². The second-order valence-corrected chi connectivity index (χ2v) is 5.06.